The van der Waals surface area contributed by atoms with Crippen LogP contribution in [0.2, 0.25) is 5.02 Å². The molecule has 0 spiro atoms. The maximum absolute atomic E-state index is 13.6. The zero-order chi connectivity index (χ0) is 15.4. The lowest BCUT2D eigenvalue weighted by atomic mass is 10.1. The summed E-state index contributed by atoms with van der Waals surface area (Å²) in [6.07, 6.45) is 0.545. The summed E-state index contributed by atoms with van der Waals surface area (Å²) in [5, 5.41) is 4.13. The number of ether oxygens (including phenoxy) is 1. The smallest absolute Gasteiger partial charge is 0.231 e. The van der Waals surface area contributed by atoms with Crippen LogP contribution in [0.4, 0.5) is 4.39 Å². The van der Waals surface area contributed by atoms with E-state index >= 15 is 0 Å². The molecule has 0 bridgehead atoms. The number of halogens is 2. The highest BCUT2D eigenvalue weighted by Gasteiger charge is 2.10. The van der Waals surface area contributed by atoms with Crippen molar-refractivity contribution in [1.82, 2.24) is 10.1 Å². The van der Waals surface area contributed by atoms with Gasteiger partial charge < -0.3 is 9.26 Å². The SMILES string of the molecule is Fc1cc(Cl)ccc1OCc1noc(Cc2ccccc2)n1. The molecule has 3 aromatic rings. The van der Waals surface area contributed by atoms with E-state index in [1.807, 2.05) is 30.3 Å². The van der Waals surface area contributed by atoms with Crippen LogP contribution < -0.4 is 4.74 Å². The summed E-state index contributed by atoms with van der Waals surface area (Å²) in [6, 6.07) is 14.0. The van der Waals surface area contributed by atoms with Crippen LogP contribution in [-0.2, 0) is 13.0 Å². The van der Waals surface area contributed by atoms with E-state index < -0.39 is 5.82 Å². The standard InChI is InChI=1S/C16H12ClFN2O2/c17-12-6-7-14(13(18)9-12)21-10-15-19-16(22-20-15)8-11-4-2-1-3-5-11/h1-7,9H,8,10H2. The molecule has 3 rings (SSSR count). The summed E-state index contributed by atoms with van der Waals surface area (Å²) in [5.74, 6) is 0.418. The lowest BCUT2D eigenvalue weighted by molar-refractivity contribution is 0.272. The van der Waals surface area contributed by atoms with Gasteiger partial charge in [0.1, 0.15) is 0 Å². The predicted molar refractivity (Wildman–Crippen MR) is 79.3 cm³/mol. The van der Waals surface area contributed by atoms with Crippen molar-refractivity contribution in [2.45, 2.75) is 13.0 Å². The van der Waals surface area contributed by atoms with Gasteiger partial charge in [-0.15, -0.1) is 0 Å². The molecule has 4 nitrogen and oxygen atoms in total. The van der Waals surface area contributed by atoms with Gasteiger partial charge in [-0.1, -0.05) is 47.1 Å². The van der Waals surface area contributed by atoms with Crippen LogP contribution in [0.1, 0.15) is 17.3 Å². The largest absolute Gasteiger partial charge is 0.482 e. The fraction of sp³-hybridized carbons (Fsp3) is 0.125. The van der Waals surface area contributed by atoms with Crippen LogP contribution >= 0.6 is 11.6 Å². The van der Waals surface area contributed by atoms with E-state index in [1.54, 1.807) is 6.07 Å². The monoisotopic (exact) mass is 318 g/mol. The molecule has 0 saturated carbocycles. The van der Waals surface area contributed by atoms with Crippen molar-refractivity contribution >= 4 is 11.6 Å². The first-order chi connectivity index (χ1) is 10.7. The highest BCUT2D eigenvalue weighted by Crippen LogP contribution is 2.21. The van der Waals surface area contributed by atoms with Gasteiger partial charge in [0.2, 0.25) is 11.7 Å². The van der Waals surface area contributed by atoms with Crippen molar-refractivity contribution in [3.8, 4) is 5.75 Å². The highest BCUT2D eigenvalue weighted by molar-refractivity contribution is 6.30. The Morgan fingerprint density at radius 3 is 2.73 bits per heavy atom. The molecule has 22 heavy (non-hydrogen) atoms. The quantitative estimate of drug-likeness (QED) is 0.712. The minimum atomic E-state index is -0.527. The molecule has 0 aliphatic rings. The summed E-state index contributed by atoms with van der Waals surface area (Å²) in [5.41, 5.74) is 1.07. The minimum Gasteiger partial charge on any atom is -0.482 e. The Bertz CT molecular complexity index is 762. The average Bonchev–Trinajstić information content (AvgIpc) is 2.95. The topological polar surface area (TPSA) is 48.2 Å². The van der Waals surface area contributed by atoms with Crippen molar-refractivity contribution in [2.75, 3.05) is 0 Å². The van der Waals surface area contributed by atoms with Gasteiger partial charge in [-0.05, 0) is 23.8 Å². The third-order valence-corrected chi connectivity index (χ3v) is 3.19. The van der Waals surface area contributed by atoms with Crippen molar-refractivity contribution in [2.24, 2.45) is 0 Å². The summed E-state index contributed by atoms with van der Waals surface area (Å²) < 4.78 is 24.0. The zero-order valence-corrected chi connectivity index (χ0v) is 12.3. The second-order valence-corrected chi connectivity index (χ2v) is 5.07. The number of nitrogens with zero attached hydrogens (tertiary/aromatic N) is 2. The Kier molecular flexibility index (Phi) is 4.34. The molecular weight excluding hydrogens is 307 g/mol. The third kappa shape index (κ3) is 3.62. The number of hydrogen-bond donors (Lipinski definition) is 0. The molecule has 0 radical (unpaired) electrons. The van der Waals surface area contributed by atoms with Crippen molar-refractivity contribution in [1.29, 1.82) is 0 Å². The van der Waals surface area contributed by atoms with Crippen LogP contribution in [0.25, 0.3) is 0 Å². The van der Waals surface area contributed by atoms with Crippen molar-refractivity contribution < 1.29 is 13.7 Å². The maximum atomic E-state index is 13.6. The molecule has 6 heteroatoms. The predicted octanol–water partition coefficient (Wildman–Crippen LogP) is 4.03. The van der Waals surface area contributed by atoms with E-state index in [1.165, 1.54) is 12.1 Å². The van der Waals surface area contributed by atoms with Crippen molar-refractivity contribution in [3.05, 3.63) is 76.6 Å². The van der Waals surface area contributed by atoms with E-state index in [-0.39, 0.29) is 12.4 Å². The van der Waals surface area contributed by atoms with E-state index in [4.69, 9.17) is 20.9 Å². The first kappa shape index (κ1) is 14.5. The Labute approximate surface area is 131 Å². The van der Waals surface area contributed by atoms with E-state index in [0.29, 0.717) is 23.2 Å². The van der Waals surface area contributed by atoms with Gasteiger partial charge in [0.25, 0.3) is 0 Å². The molecule has 0 fully saturated rings. The fourth-order valence-electron chi connectivity index (χ4n) is 1.93. The lowest BCUT2D eigenvalue weighted by Gasteiger charge is -2.04. The second kappa shape index (κ2) is 6.58. The molecule has 1 heterocycles. The van der Waals surface area contributed by atoms with Crippen LogP contribution in [0.5, 0.6) is 5.75 Å². The maximum Gasteiger partial charge on any atom is 0.231 e. The van der Waals surface area contributed by atoms with Gasteiger partial charge in [0.15, 0.2) is 18.2 Å². The van der Waals surface area contributed by atoms with Crippen molar-refractivity contribution in [3.63, 3.8) is 0 Å². The Hall–Kier alpha value is -2.40. The summed E-state index contributed by atoms with van der Waals surface area (Å²) in [7, 11) is 0. The van der Waals surface area contributed by atoms with Gasteiger partial charge in [-0.2, -0.15) is 4.98 Å². The molecule has 0 aliphatic carbocycles. The minimum absolute atomic E-state index is 0.0246. The van der Waals surface area contributed by atoms with Gasteiger partial charge in [-0.3, -0.25) is 0 Å². The number of hydrogen-bond acceptors (Lipinski definition) is 4. The van der Waals surface area contributed by atoms with Crippen LogP contribution in [0.15, 0.2) is 53.1 Å². The molecule has 2 aromatic carbocycles. The first-order valence-corrected chi connectivity index (χ1v) is 7.02. The molecule has 1 aromatic heterocycles. The third-order valence-electron chi connectivity index (χ3n) is 2.96. The van der Waals surface area contributed by atoms with E-state index in [9.17, 15) is 4.39 Å². The van der Waals surface area contributed by atoms with Crippen LogP contribution in [-0.4, -0.2) is 10.1 Å². The first-order valence-electron chi connectivity index (χ1n) is 6.64. The molecule has 0 atom stereocenters. The number of aromatic nitrogens is 2. The molecule has 0 aliphatic heterocycles. The zero-order valence-electron chi connectivity index (χ0n) is 11.5. The normalized spacial score (nSPS) is 10.6. The van der Waals surface area contributed by atoms with Gasteiger partial charge in [0.05, 0.1) is 6.42 Å². The highest BCUT2D eigenvalue weighted by atomic mass is 35.5. The molecule has 112 valence electrons. The Morgan fingerprint density at radius 2 is 1.95 bits per heavy atom. The summed E-state index contributed by atoms with van der Waals surface area (Å²) in [4.78, 5) is 4.22. The molecule has 0 unspecified atom stereocenters. The van der Waals surface area contributed by atoms with E-state index in [0.717, 1.165) is 5.56 Å². The van der Waals surface area contributed by atoms with Gasteiger partial charge in [-0.25, -0.2) is 4.39 Å². The summed E-state index contributed by atoms with van der Waals surface area (Å²) >= 11 is 5.68. The molecule has 0 amide bonds. The molecule has 0 N–H and O–H groups in total. The molecular formula is C16H12ClFN2O2. The summed E-state index contributed by atoms with van der Waals surface area (Å²) in [6.45, 7) is 0.0246. The van der Waals surface area contributed by atoms with E-state index in [2.05, 4.69) is 10.1 Å². The van der Waals surface area contributed by atoms with Gasteiger partial charge in [0, 0.05) is 5.02 Å². The Morgan fingerprint density at radius 1 is 1.14 bits per heavy atom. The molecule has 0 saturated heterocycles. The number of benzene rings is 2. The Balaban J connectivity index is 1.62. The van der Waals surface area contributed by atoms with Crippen LogP contribution in [0.3, 0.4) is 0 Å². The average molecular weight is 319 g/mol. The fourth-order valence-corrected chi connectivity index (χ4v) is 2.08. The van der Waals surface area contributed by atoms with Crippen LogP contribution in [0, 0.1) is 5.82 Å². The number of rotatable bonds is 5. The lowest BCUT2D eigenvalue weighted by Crippen LogP contribution is -1.99. The second-order valence-electron chi connectivity index (χ2n) is 4.63. The van der Waals surface area contributed by atoms with Gasteiger partial charge >= 0.3 is 0 Å².